The van der Waals surface area contributed by atoms with E-state index in [0.29, 0.717) is 12.3 Å². The minimum Gasteiger partial charge on any atom is -0.481 e. The van der Waals surface area contributed by atoms with Crippen LogP contribution in [0.5, 0.6) is 5.88 Å². The Kier molecular flexibility index (Phi) is 8.33. The third-order valence-corrected chi connectivity index (χ3v) is 4.22. The Morgan fingerprint density at radius 3 is 2.77 bits per heavy atom. The molecule has 26 heavy (non-hydrogen) atoms. The average molecular weight is 353 g/mol. The van der Waals surface area contributed by atoms with E-state index in [1.165, 1.54) is 0 Å². The Bertz CT molecular complexity index is 756. The highest BCUT2D eigenvalue weighted by molar-refractivity contribution is 5.83. The number of ether oxygens (including phenoxy) is 1. The summed E-state index contributed by atoms with van der Waals surface area (Å²) in [4.78, 5) is 18.6. The van der Waals surface area contributed by atoms with Crippen LogP contribution in [0.3, 0.4) is 0 Å². The van der Waals surface area contributed by atoms with Gasteiger partial charge in [0, 0.05) is 30.6 Å². The zero-order valence-electron chi connectivity index (χ0n) is 15.4. The minimum atomic E-state index is 0.611. The fourth-order valence-corrected chi connectivity index (χ4v) is 2.81. The van der Waals surface area contributed by atoms with Gasteiger partial charge in [-0.2, -0.15) is 0 Å². The molecule has 0 fully saturated rings. The number of aromatic nitrogens is 1. The van der Waals surface area contributed by atoms with E-state index >= 15 is 0 Å². The molecule has 0 bridgehead atoms. The SMILES string of the molecule is C=N/C=C(\NCCCCCCCC=O)c1ccc2nc(OC)ccc2c1. The Hall–Kier alpha value is -2.69. The van der Waals surface area contributed by atoms with E-state index in [2.05, 4.69) is 28.1 Å². The van der Waals surface area contributed by atoms with Crippen LogP contribution >= 0.6 is 0 Å². The number of carbonyl (C=O) groups excluding carboxylic acids is 1. The predicted octanol–water partition coefficient (Wildman–Crippen LogP) is 4.37. The van der Waals surface area contributed by atoms with Gasteiger partial charge in [-0.3, -0.25) is 4.99 Å². The lowest BCUT2D eigenvalue weighted by Gasteiger charge is -2.11. The first-order valence-electron chi connectivity index (χ1n) is 9.07. The summed E-state index contributed by atoms with van der Waals surface area (Å²) in [5, 5.41) is 4.50. The van der Waals surface area contributed by atoms with Crippen molar-refractivity contribution in [3.8, 4) is 5.88 Å². The highest BCUT2D eigenvalue weighted by atomic mass is 16.5. The summed E-state index contributed by atoms with van der Waals surface area (Å²) in [6.07, 6.45) is 8.95. The van der Waals surface area contributed by atoms with E-state index in [1.54, 1.807) is 13.3 Å². The smallest absolute Gasteiger partial charge is 0.213 e. The molecule has 0 aliphatic heterocycles. The van der Waals surface area contributed by atoms with Gasteiger partial charge in [-0.05, 0) is 43.3 Å². The summed E-state index contributed by atoms with van der Waals surface area (Å²) >= 11 is 0. The van der Waals surface area contributed by atoms with Gasteiger partial charge in [0.1, 0.15) is 6.29 Å². The van der Waals surface area contributed by atoms with Gasteiger partial charge in [0.15, 0.2) is 0 Å². The largest absolute Gasteiger partial charge is 0.481 e. The second-order valence-corrected chi connectivity index (χ2v) is 6.14. The van der Waals surface area contributed by atoms with Crippen molar-refractivity contribution in [2.24, 2.45) is 4.99 Å². The number of rotatable bonds is 12. The van der Waals surface area contributed by atoms with E-state index in [-0.39, 0.29) is 0 Å². The Balaban J connectivity index is 1.92. The highest BCUT2D eigenvalue weighted by Gasteiger charge is 2.04. The molecule has 138 valence electrons. The Morgan fingerprint density at radius 2 is 2.00 bits per heavy atom. The van der Waals surface area contributed by atoms with Crippen LogP contribution in [0, 0.1) is 0 Å². The van der Waals surface area contributed by atoms with E-state index in [1.807, 2.05) is 24.3 Å². The molecule has 0 saturated carbocycles. The second-order valence-electron chi connectivity index (χ2n) is 6.14. The number of aliphatic imine (C=N–C) groups is 1. The van der Waals surface area contributed by atoms with Gasteiger partial charge in [-0.25, -0.2) is 4.98 Å². The number of benzene rings is 1. The molecule has 0 aliphatic rings. The monoisotopic (exact) mass is 353 g/mol. The fraction of sp³-hybridized carbons (Fsp3) is 0.381. The quantitative estimate of drug-likeness (QED) is 0.350. The lowest BCUT2D eigenvalue weighted by Crippen LogP contribution is -2.13. The molecule has 1 aromatic heterocycles. The number of carbonyl (C=O) groups is 1. The van der Waals surface area contributed by atoms with Gasteiger partial charge in [0.05, 0.1) is 18.3 Å². The van der Waals surface area contributed by atoms with Crippen molar-refractivity contribution in [2.75, 3.05) is 13.7 Å². The number of unbranched alkanes of at least 4 members (excludes halogenated alkanes) is 5. The van der Waals surface area contributed by atoms with Crippen LogP contribution in [0.25, 0.3) is 16.6 Å². The van der Waals surface area contributed by atoms with Crippen LogP contribution < -0.4 is 10.1 Å². The number of aldehydes is 1. The van der Waals surface area contributed by atoms with Crippen molar-refractivity contribution in [1.82, 2.24) is 10.3 Å². The lowest BCUT2D eigenvalue weighted by molar-refractivity contribution is -0.107. The van der Waals surface area contributed by atoms with Crippen LogP contribution in [0.15, 0.2) is 41.5 Å². The number of fused-ring (bicyclic) bond motifs is 1. The molecule has 0 saturated heterocycles. The second kappa shape index (κ2) is 11.0. The number of pyridine rings is 1. The van der Waals surface area contributed by atoms with E-state index in [0.717, 1.165) is 67.1 Å². The lowest BCUT2D eigenvalue weighted by atomic mass is 10.1. The fourth-order valence-electron chi connectivity index (χ4n) is 2.81. The molecule has 1 aromatic carbocycles. The van der Waals surface area contributed by atoms with Crippen molar-refractivity contribution in [2.45, 2.75) is 38.5 Å². The summed E-state index contributed by atoms with van der Waals surface area (Å²) in [6, 6.07) is 9.96. The van der Waals surface area contributed by atoms with E-state index in [9.17, 15) is 4.79 Å². The van der Waals surface area contributed by atoms with Gasteiger partial charge in [0.2, 0.25) is 5.88 Å². The highest BCUT2D eigenvalue weighted by Crippen LogP contribution is 2.21. The molecule has 1 N–H and O–H groups in total. The van der Waals surface area contributed by atoms with Gasteiger partial charge in [0.25, 0.3) is 0 Å². The zero-order chi connectivity index (χ0) is 18.6. The number of hydrogen-bond donors (Lipinski definition) is 1. The van der Waals surface area contributed by atoms with Crippen LogP contribution in [0.2, 0.25) is 0 Å². The van der Waals surface area contributed by atoms with Gasteiger partial charge >= 0.3 is 0 Å². The topological polar surface area (TPSA) is 63.6 Å². The van der Waals surface area contributed by atoms with Crippen molar-refractivity contribution in [1.29, 1.82) is 0 Å². The summed E-state index contributed by atoms with van der Waals surface area (Å²) in [5.41, 5.74) is 2.91. The third kappa shape index (κ3) is 5.99. The van der Waals surface area contributed by atoms with Gasteiger partial charge < -0.3 is 14.8 Å². The predicted molar refractivity (Wildman–Crippen MR) is 108 cm³/mol. The van der Waals surface area contributed by atoms with E-state index < -0.39 is 0 Å². The molecule has 2 aromatic rings. The van der Waals surface area contributed by atoms with Crippen LogP contribution in [-0.4, -0.2) is 31.6 Å². The standard InChI is InChI=1S/C21H27N3O2/c1-22-16-20(23-13-7-5-3-4-6-8-14-25)18-9-11-19-17(15-18)10-12-21(24-19)26-2/h9-12,14-16,23H,1,3-8,13H2,2H3/b20-16-. The molecular weight excluding hydrogens is 326 g/mol. The number of hydrogen-bond acceptors (Lipinski definition) is 5. The summed E-state index contributed by atoms with van der Waals surface area (Å²) < 4.78 is 5.17. The van der Waals surface area contributed by atoms with Crippen molar-refractivity contribution < 1.29 is 9.53 Å². The summed E-state index contributed by atoms with van der Waals surface area (Å²) in [6.45, 7) is 4.46. The molecule has 0 spiro atoms. The molecule has 0 atom stereocenters. The first-order chi connectivity index (χ1) is 12.8. The maximum atomic E-state index is 10.3. The normalized spacial score (nSPS) is 11.3. The van der Waals surface area contributed by atoms with Gasteiger partial charge in [-0.1, -0.05) is 25.3 Å². The zero-order valence-corrected chi connectivity index (χ0v) is 15.4. The molecule has 0 unspecified atom stereocenters. The minimum absolute atomic E-state index is 0.611. The van der Waals surface area contributed by atoms with Crippen LogP contribution in [0.4, 0.5) is 0 Å². The van der Waals surface area contributed by atoms with Gasteiger partial charge in [-0.15, -0.1) is 0 Å². The summed E-state index contributed by atoms with van der Waals surface area (Å²) in [5.74, 6) is 0.611. The number of nitrogens with zero attached hydrogens (tertiary/aromatic N) is 2. The molecular formula is C21H27N3O2. The van der Waals surface area contributed by atoms with Crippen molar-refractivity contribution >= 4 is 29.6 Å². The van der Waals surface area contributed by atoms with Crippen LogP contribution in [0.1, 0.15) is 44.1 Å². The third-order valence-electron chi connectivity index (χ3n) is 4.22. The maximum Gasteiger partial charge on any atom is 0.213 e. The van der Waals surface area contributed by atoms with Crippen molar-refractivity contribution in [3.63, 3.8) is 0 Å². The molecule has 2 rings (SSSR count). The molecule has 0 aliphatic carbocycles. The molecule has 5 heteroatoms. The van der Waals surface area contributed by atoms with Crippen molar-refractivity contribution in [3.05, 3.63) is 42.1 Å². The first-order valence-corrected chi connectivity index (χ1v) is 9.07. The number of methoxy groups -OCH3 is 1. The van der Waals surface area contributed by atoms with E-state index in [4.69, 9.17) is 4.74 Å². The molecule has 1 heterocycles. The first kappa shape index (κ1) is 19.6. The molecule has 0 amide bonds. The number of nitrogens with one attached hydrogen (secondary N) is 1. The molecule has 5 nitrogen and oxygen atoms in total. The maximum absolute atomic E-state index is 10.3. The summed E-state index contributed by atoms with van der Waals surface area (Å²) in [7, 11) is 1.62. The van der Waals surface area contributed by atoms with Crippen LogP contribution in [-0.2, 0) is 4.79 Å². The Morgan fingerprint density at radius 1 is 1.19 bits per heavy atom. The Labute approximate surface area is 155 Å². The average Bonchev–Trinajstić information content (AvgIpc) is 2.68. The molecule has 0 radical (unpaired) electrons.